The second-order valence-corrected chi connectivity index (χ2v) is 3.64. The number of halogens is 2. The minimum Gasteiger partial charge on any atom is -0.366 e. The van der Waals surface area contributed by atoms with Gasteiger partial charge in [-0.25, -0.2) is 4.68 Å². The molecular formula is C8H7Cl2N5. The molecular weight excluding hydrogens is 237 g/mol. The molecule has 0 aliphatic heterocycles. The Balaban J connectivity index is 2.64. The van der Waals surface area contributed by atoms with Gasteiger partial charge in [0, 0.05) is 5.56 Å². The fraction of sp³-hybridized carbons (Fsp3) is 0. The highest BCUT2D eigenvalue weighted by molar-refractivity contribution is 6.43. The Morgan fingerprint density at radius 3 is 2.53 bits per heavy atom. The summed E-state index contributed by atoms with van der Waals surface area (Å²) in [5.41, 5.74) is 6.05. The van der Waals surface area contributed by atoms with Crippen molar-refractivity contribution in [2.75, 3.05) is 11.6 Å². The summed E-state index contributed by atoms with van der Waals surface area (Å²) >= 11 is 11.9. The van der Waals surface area contributed by atoms with Gasteiger partial charge in [0.1, 0.15) is 0 Å². The maximum atomic E-state index is 6.00. The first kappa shape index (κ1) is 10.1. The molecule has 0 aliphatic carbocycles. The molecule has 0 spiro atoms. The lowest BCUT2D eigenvalue weighted by molar-refractivity contribution is 1.02. The molecule has 7 heteroatoms. The van der Waals surface area contributed by atoms with Crippen LogP contribution in [0.5, 0.6) is 0 Å². The molecule has 5 nitrogen and oxygen atoms in total. The van der Waals surface area contributed by atoms with E-state index in [2.05, 4.69) is 10.2 Å². The van der Waals surface area contributed by atoms with Crippen molar-refractivity contribution in [3.8, 4) is 11.4 Å². The lowest BCUT2D eigenvalue weighted by atomic mass is 10.2. The number of hydrogen-bond donors (Lipinski definition) is 2. The first-order chi connectivity index (χ1) is 7.11. The monoisotopic (exact) mass is 243 g/mol. The number of hydrogen-bond acceptors (Lipinski definition) is 4. The summed E-state index contributed by atoms with van der Waals surface area (Å²) in [6.07, 6.45) is 0. The molecule has 0 atom stereocenters. The Labute approximate surface area is 95.6 Å². The van der Waals surface area contributed by atoms with Crippen molar-refractivity contribution in [1.82, 2.24) is 14.9 Å². The van der Waals surface area contributed by atoms with Crippen molar-refractivity contribution in [2.24, 2.45) is 0 Å². The molecule has 1 aromatic heterocycles. The molecule has 0 aliphatic rings. The number of nitrogens with zero attached hydrogens (tertiary/aromatic N) is 3. The summed E-state index contributed by atoms with van der Waals surface area (Å²) in [7, 11) is 0. The molecule has 0 unspecified atom stereocenters. The number of anilines is 1. The van der Waals surface area contributed by atoms with Crippen LogP contribution in [0, 0.1) is 0 Å². The molecule has 15 heavy (non-hydrogen) atoms. The van der Waals surface area contributed by atoms with Crippen molar-refractivity contribution in [2.45, 2.75) is 0 Å². The van der Waals surface area contributed by atoms with Gasteiger partial charge in [-0.1, -0.05) is 29.3 Å². The van der Waals surface area contributed by atoms with E-state index in [0.29, 0.717) is 21.4 Å². The van der Waals surface area contributed by atoms with Gasteiger partial charge in [-0.05, 0) is 12.1 Å². The predicted octanol–water partition coefficient (Wildman–Crippen LogP) is 1.55. The molecule has 0 fully saturated rings. The number of nitrogen functional groups attached to an aromatic ring is 2. The van der Waals surface area contributed by atoms with Gasteiger partial charge in [0.25, 0.3) is 0 Å². The first-order valence-corrected chi connectivity index (χ1v) is 4.77. The topological polar surface area (TPSA) is 82.8 Å². The average molecular weight is 244 g/mol. The van der Waals surface area contributed by atoms with Crippen LogP contribution in [0.4, 0.5) is 5.95 Å². The lowest BCUT2D eigenvalue weighted by Gasteiger charge is -2.04. The highest BCUT2D eigenvalue weighted by Gasteiger charge is 2.13. The average Bonchev–Trinajstić information content (AvgIpc) is 2.53. The Kier molecular flexibility index (Phi) is 2.42. The maximum Gasteiger partial charge on any atom is 0.241 e. The summed E-state index contributed by atoms with van der Waals surface area (Å²) < 4.78 is 1.15. The van der Waals surface area contributed by atoms with Crippen molar-refractivity contribution >= 4 is 29.2 Å². The summed E-state index contributed by atoms with van der Waals surface area (Å²) in [6.45, 7) is 0. The van der Waals surface area contributed by atoms with Crippen molar-refractivity contribution < 1.29 is 0 Å². The van der Waals surface area contributed by atoms with Gasteiger partial charge >= 0.3 is 0 Å². The Morgan fingerprint density at radius 1 is 1.20 bits per heavy atom. The predicted molar refractivity (Wildman–Crippen MR) is 60.0 cm³/mol. The summed E-state index contributed by atoms with van der Waals surface area (Å²) in [5, 5.41) is 8.23. The second-order valence-electron chi connectivity index (χ2n) is 2.85. The normalized spacial score (nSPS) is 10.5. The largest absolute Gasteiger partial charge is 0.366 e. The van der Waals surface area contributed by atoms with Crippen LogP contribution in [-0.4, -0.2) is 14.9 Å². The van der Waals surface area contributed by atoms with E-state index in [9.17, 15) is 0 Å². The molecule has 1 aromatic carbocycles. The molecule has 78 valence electrons. The van der Waals surface area contributed by atoms with Crippen LogP contribution in [0.2, 0.25) is 10.0 Å². The molecule has 0 bridgehead atoms. The van der Waals surface area contributed by atoms with E-state index in [4.69, 9.17) is 34.8 Å². The smallest absolute Gasteiger partial charge is 0.241 e. The van der Waals surface area contributed by atoms with E-state index in [-0.39, 0.29) is 5.95 Å². The van der Waals surface area contributed by atoms with Gasteiger partial charge in [-0.15, -0.1) is 10.2 Å². The van der Waals surface area contributed by atoms with E-state index in [1.54, 1.807) is 18.2 Å². The van der Waals surface area contributed by atoms with Gasteiger partial charge in [0.2, 0.25) is 5.95 Å². The van der Waals surface area contributed by atoms with Crippen LogP contribution >= 0.6 is 23.2 Å². The Bertz CT molecular complexity index is 508. The van der Waals surface area contributed by atoms with Crippen LogP contribution in [0.25, 0.3) is 11.4 Å². The maximum absolute atomic E-state index is 6.00. The zero-order valence-corrected chi connectivity index (χ0v) is 9.00. The highest BCUT2D eigenvalue weighted by atomic mass is 35.5. The second kappa shape index (κ2) is 3.60. The highest BCUT2D eigenvalue weighted by Crippen LogP contribution is 2.32. The molecule has 0 radical (unpaired) electrons. The van der Waals surface area contributed by atoms with Crippen molar-refractivity contribution in [1.29, 1.82) is 0 Å². The van der Waals surface area contributed by atoms with E-state index in [1.165, 1.54) is 0 Å². The van der Waals surface area contributed by atoms with Gasteiger partial charge in [-0.2, -0.15) is 0 Å². The molecule has 0 saturated heterocycles. The molecule has 2 aromatic rings. The van der Waals surface area contributed by atoms with Crippen LogP contribution < -0.4 is 11.6 Å². The molecule has 2 rings (SSSR count). The molecule has 0 amide bonds. The van der Waals surface area contributed by atoms with E-state index in [0.717, 1.165) is 4.68 Å². The Hall–Kier alpha value is -1.46. The van der Waals surface area contributed by atoms with Crippen LogP contribution in [0.1, 0.15) is 0 Å². The van der Waals surface area contributed by atoms with Crippen molar-refractivity contribution in [3.63, 3.8) is 0 Å². The van der Waals surface area contributed by atoms with Gasteiger partial charge < -0.3 is 11.6 Å². The third kappa shape index (κ3) is 1.60. The van der Waals surface area contributed by atoms with Crippen LogP contribution in [-0.2, 0) is 0 Å². The summed E-state index contributed by atoms with van der Waals surface area (Å²) in [4.78, 5) is 0. The fourth-order valence-electron chi connectivity index (χ4n) is 1.16. The zero-order valence-electron chi connectivity index (χ0n) is 7.48. The number of benzene rings is 1. The van der Waals surface area contributed by atoms with Gasteiger partial charge in [-0.3, -0.25) is 0 Å². The first-order valence-electron chi connectivity index (χ1n) is 4.01. The molecule has 1 heterocycles. The minimum atomic E-state index is 0.112. The SMILES string of the molecule is Nc1nnc(-c2cccc(Cl)c2Cl)n1N. The lowest BCUT2D eigenvalue weighted by Crippen LogP contribution is -2.13. The van der Waals surface area contributed by atoms with Crippen LogP contribution in [0.15, 0.2) is 18.2 Å². The van der Waals surface area contributed by atoms with Crippen molar-refractivity contribution in [3.05, 3.63) is 28.2 Å². The standard InChI is InChI=1S/C8H7Cl2N5/c9-5-3-1-2-4(6(5)10)7-13-14-8(11)15(7)12/h1-3H,12H2,(H2,11,14). The quantitative estimate of drug-likeness (QED) is 0.745. The molecule has 4 N–H and O–H groups in total. The summed E-state index contributed by atoms with van der Waals surface area (Å²) in [5.74, 6) is 6.11. The summed E-state index contributed by atoms with van der Waals surface area (Å²) in [6, 6.07) is 5.16. The minimum absolute atomic E-state index is 0.112. The Morgan fingerprint density at radius 2 is 1.93 bits per heavy atom. The van der Waals surface area contributed by atoms with Gasteiger partial charge in [0.15, 0.2) is 5.82 Å². The third-order valence-corrected chi connectivity index (χ3v) is 2.73. The van der Waals surface area contributed by atoms with E-state index in [1.807, 2.05) is 0 Å². The number of aromatic nitrogens is 3. The fourth-order valence-corrected chi connectivity index (χ4v) is 1.55. The van der Waals surface area contributed by atoms with Gasteiger partial charge in [0.05, 0.1) is 10.0 Å². The van der Waals surface area contributed by atoms with Crippen LogP contribution in [0.3, 0.4) is 0 Å². The zero-order chi connectivity index (χ0) is 11.0. The molecule has 0 saturated carbocycles. The van der Waals surface area contributed by atoms with E-state index >= 15 is 0 Å². The van der Waals surface area contributed by atoms with E-state index < -0.39 is 0 Å². The number of nitrogens with two attached hydrogens (primary N) is 2. The number of rotatable bonds is 1. The third-order valence-electron chi connectivity index (χ3n) is 1.91.